The van der Waals surface area contributed by atoms with Crippen LogP contribution in [0, 0.1) is 0 Å². The van der Waals surface area contributed by atoms with E-state index >= 15 is 0 Å². The summed E-state index contributed by atoms with van der Waals surface area (Å²) in [6.07, 6.45) is 90.3. The highest BCUT2D eigenvalue weighted by Gasteiger charge is 2.16. The lowest BCUT2D eigenvalue weighted by atomic mass is 10.0. The zero-order chi connectivity index (χ0) is 53.4. The summed E-state index contributed by atoms with van der Waals surface area (Å²) in [6, 6.07) is 0. The number of aliphatic hydroxyl groups excluding tert-OH is 1. The number of carbonyl (C=O) groups excluding carboxylic acids is 2. The van der Waals surface area contributed by atoms with Gasteiger partial charge in [0.25, 0.3) is 0 Å². The van der Waals surface area contributed by atoms with Crippen LogP contribution in [0.3, 0.4) is 0 Å². The van der Waals surface area contributed by atoms with Gasteiger partial charge in [0.15, 0.2) is 6.10 Å². The Labute approximate surface area is 460 Å². The molecule has 0 aromatic rings. The van der Waals surface area contributed by atoms with Crippen molar-refractivity contribution in [3.63, 3.8) is 0 Å². The Morgan fingerprint density at radius 1 is 0.324 bits per heavy atom. The topological polar surface area (TPSA) is 72.8 Å². The fraction of sp³-hybridized carbons (Fsp3) is 0.768. The Morgan fingerprint density at radius 2 is 0.581 bits per heavy atom. The first-order valence-corrected chi connectivity index (χ1v) is 32.1. The van der Waals surface area contributed by atoms with Crippen LogP contribution in [0.25, 0.3) is 0 Å². The first kappa shape index (κ1) is 71.1. The summed E-state index contributed by atoms with van der Waals surface area (Å²) in [7, 11) is 0. The SMILES string of the molecule is CC/C=C\C/C=C\C/C=C\C/C=C\CCCCCCCCCCCCCCCCCCCCCCCCCCCCCCC(=O)OC(CO)COC(=O)CCCCCCCC/C=C\C/C=C\C/C=C\CCCCC. The molecule has 0 aliphatic rings. The minimum absolute atomic E-state index is 0.0717. The van der Waals surface area contributed by atoms with E-state index in [1.54, 1.807) is 0 Å². The summed E-state index contributed by atoms with van der Waals surface area (Å²) >= 11 is 0. The van der Waals surface area contributed by atoms with Crippen molar-refractivity contribution in [3.8, 4) is 0 Å². The van der Waals surface area contributed by atoms with E-state index in [0.29, 0.717) is 12.8 Å². The van der Waals surface area contributed by atoms with E-state index in [4.69, 9.17) is 9.47 Å². The van der Waals surface area contributed by atoms with Gasteiger partial charge in [0.2, 0.25) is 0 Å². The van der Waals surface area contributed by atoms with E-state index in [1.165, 1.54) is 212 Å². The van der Waals surface area contributed by atoms with E-state index in [0.717, 1.165) is 83.5 Å². The van der Waals surface area contributed by atoms with E-state index in [9.17, 15) is 14.7 Å². The lowest BCUT2D eigenvalue weighted by Gasteiger charge is -2.15. The normalized spacial score (nSPS) is 12.7. The summed E-state index contributed by atoms with van der Waals surface area (Å²) in [5.74, 6) is -0.594. The van der Waals surface area contributed by atoms with Crippen LogP contribution >= 0.6 is 0 Å². The molecule has 0 aromatic carbocycles. The van der Waals surface area contributed by atoms with Gasteiger partial charge in [-0.3, -0.25) is 9.59 Å². The summed E-state index contributed by atoms with van der Waals surface area (Å²) in [6.45, 7) is 4.02. The molecule has 0 fully saturated rings. The van der Waals surface area contributed by atoms with Crippen LogP contribution in [0.5, 0.6) is 0 Å². The van der Waals surface area contributed by atoms with E-state index in [-0.39, 0.29) is 25.2 Å². The zero-order valence-corrected chi connectivity index (χ0v) is 49.1. The van der Waals surface area contributed by atoms with Crippen molar-refractivity contribution in [2.45, 2.75) is 328 Å². The van der Waals surface area contributed by atoms with Crippen molar-refractivity contribution in [2.75, 3.05) is 13.2 Å². The fourth-order valence-corrected chi connectivity index (χ4v) is 9.38. The molecule has 74 heavy (non-hydrogen) atoms. The standard InChI is InChI=1S/C69H122O5/c1-3-5-7-9-11-13-15-17-19-21-23-24-25-26-27-28-29-30-31-32-33-34-35-36-37-38-39-40-41-42-43-44-46-48-50-52-54-56-58-60-62-64-69(72)74-67(65-70)66-73-68(71)63-61-59-57-55-53-51-49-47-45-22-20-18-16-14-12-10-8-6-4-2/h5,7,11-14,17-20,23-24,45,47,67,70H,3-4,6,8-10,15-16,21-22,25-44,46,48-66H2,1-2H3/b7-5-,13-11-,14-12-,19-17-,20-18-,24-23-,47-45-. The molecule has 0 saturated carbocycles. The second-order valence-electron chi connectivity index (χ2n) is 21.5. The molecule has 0 saturated heterocycles. The molecule has 0 aliphatic heterocycles. The molecule has 1 N–H and O–H groups in total. The quantitative estimate of drug-likeness (QED) is 0.0373. The van der Waals surface area contributed by atoms with Gasteiger partial charge in [-0.15, -0.1) is 0 Å². The molecule has 0 rings (SSSR count). The van der Waals surface area contributed by atoms with Crippen molar-refractivity contribution in [1.82, 2.24) is 0 Å². The third kappa shape index (κ3) is 61.6. The molecule has 1 atom stereocenters. The Hall–Kier alpha value is -2.92. The van der Waals surface area contributed by atoms with Crippen molar-refractivity contribution in [2.24, 2.45) is 0 Å². The second kappa shape index (κ2) is 64.4. The predicted octanol–water partition coefficient (Wildman–Crippen LogP) is 22.1. The molecule has 0 bridgehead atoms. The van der Waals surface area contributed by atoms with Gasteiger partial charge >= 0.3 is 11.9 Å². The number of allylic oxidation sites excluding steroid dienone is 14. The van der Waals surface area contributed by atoms with Gasteiger partial charge in [0.1, 0.15) is 6.61 Å². The molecular formula is C69H122O5. The molecule has 5 heteroatoms. The highest BCUT2D eigenvalue weighted by Crippen LogP contribution is 2.18. The first-order valence-electron chi connectivity index (χ1n) is 32.1. The van der Waals surface area contributed by atoms with Gasteiger partial charge in [-0.05, 0) is 89.9 Å². The number of unbranched alkanes of at least 4 members (excludes halogenated alkanes) is 37. The van der Waals surface area contributed by atoms with Gasteiger partial charge in [0.05, 0.1) is 6.61 Å². The van der Waals surface area contributed by atoms with Crippen molar-refractivity contribution >= 4 is 11.9 Å². The van der Waals surface area contributed by atoms with Crippen molar-refractivity contribution < 1.29 is 24.2 Å². The van der Waals surface area contributed by atoms with Gasteiger partial charge in [0, 0.05) is 12.8 Å². The Bertz CT molecular complexity index is 1350. The van der Waals surface area contributed by atoms with Crippen LogP contribution in [-0.4, -0.2) is 36.4 Å². The molecule has 0 spiro atoms. The van der Waals surface area contributed by atoms with Gasteiger partial charge < -0.3 is 14.6 Å². The van der Waals surface area contributed by atoms with E-state index in [2.05, 4.69) is 98.9 Å². The zero-order valence-electron chi connectivity index (χ0n) is 49.1. The molecule has 0 amide bonds. The lowest BCUT2D eigenvalue weighted by Crippen LogP contribution is -2.28. The average Bonchev–Trinajstić information content (AvgIpc) is 3.40. The average molecular weight is 1030 g/mol. The third-order valence-corrected chi connectivity index (χ3v) is 14.2. The summed E-state index contributed by atoms with van der Waals surface area (Å²) < 4.78 is 10.7. The second-order valence-corrected chi connectivity index (χ2v) is 21.5. The molecule has 0 heterocycles. The number of esters is 2. The number of hydrogen-bond acceptors (Lipinski definition) is 5. The Morgan fingerprint density at radius 3 is 0.878 bits per heavy atom. The van der Waals surface area contributed by atoms with Gasteiger partial charge in [-0.2, -0.15) is 0 Å². The van der Waals surface area contributed by atoms with Crippen LogP contribution < -0.4 is 0 Å². The molecule has 0 aliphatic carbocycles. The number of hydrogen-bond donors (Lipinski definition) is 1. The smallest absolute Gasteiger partial charge is 0.306 e. The number of aliphatic hydroxyl groups is 1. The summed E-state index contributed by atoms with van der Waals surface area (Å²) in [4.78, 5) is 24.5. The van der Waals surface area contributed by atoms with Crippen LogP contribution in [0.4, 0.5) is 0 Å². The highest BCUT2D eigenvalue weighted by molar-refractivity contribution is 5.70. The maximum absolute atomic E-state index is 12.3. The maximum Gasteiger partial charge on any atom is 0.306 e. The molecular weight excluding hydrogens is 909 g/mol. The molecule has 1 unspecified atom stereocenters. The molecule has 0 radical (unpaired) electrons. The molecule has 0 aromatic heterocycles. The minimum atomic E-state index is -0.779. The van der Waals surface area contributed by atoms with Crippen molar-refractivity contribution in [3.05, 3.63) is 85.1 Å². The fourth-order valence-electron chi connectivity index (χ4n) is 9.38. The predicted molar refractivity (Wildman–Crippen MR) is 325 cm³/mol. The Balaban J connectivity index is 3.40. The van der Waals surface area contributed by atoms with Gasteiger partial charge in [-0.1, -0.05) is 304 Å². The number of carbonyl (C=O) groups is 2. The number of ether oxygens (including phenoxy) is 2. The molecule has 5 nitrogen and oxygen atoms in total. The maximum atomic E-state index is 12.3. The van der Waals surface area contributed by atoms with Crippen LogP contribution in [0.15, 0.2) is 85.1 Å². The van der Waals surface area contributed by atoms with Crippen LogP contribution in [-0.2, 0) is 19.1 Å². The van der Waals surface area contributed by atoms with Crippen LogP contribution in [0.2, 0.25) is 0 Å². The van der Waals surface area contributed by atoms with E-state index in [1.807, 2.05) is 0 Å². The van der Waals surface area contributed by atoms with Gasteiger partial charge in [-0.25, -0.2) is 0 Å². The third-order valence-electron chi connectivity index (χ3n) is 14.2. The van der Waals surface area contributed by atoms with Crippen molar-refractivity contribution in [1.29, 1.82) is 0 Å². The minimum Gasteiger partial charge on any atom is -0.462 e. The largest absolute Gasteiger partial charge is 0.462 e. The Kier molecular flexibility index (Phi) is 61.8. The van der Waals surface area contributed by atoms with Crippen LogP contribution in [0.1, 0.15) is 322 Å². The monoisotopic (exact) mass is 1030 g/mol. The van der Waals surface area contributed by atoms with E-state index < -0.39 is 6.10 Å². The first-order chi connectivity index (χ1) is 36.6. The summed E-state index contributed by atoms with van der Waals surface area (Å²) in [5, 5.41) is 9.66. The molecule has 428 valence electrons. The summed E-state index contributed by atoms with van der Waals surface area (Å²) in [5.41, 5.74) is 0. The lowest BCUT2D eigenvalue weighted by molar-refractivity contribution is -0.161. The highest BCUT2D eigenvalue weighted by atomic mass is 16.6. The number of rotatable bonds is 59.